The molecule has 0 bridgehead atoms. The van der Waals surface area contributed by atoms with Gasteiger partial charge in [0.25, 0.3) is 5.91 Å². The summed E-state index contributed by atoms with van der Waals surface area (Å²) >= 11 is 0. The molecule has 7 heteroatoms. The van der Waals surface area contributed by atoms with Crippen LogP contribution in [0.5, 0.6) is 0 Å². The second kappa shape index (κ2) is 7.98. The molecule has 7 nitrogen and oxygen atoms in total. The van der Waals surface area contributed by atoms with Crippen LogP contribution in [-0.4, -0.2) is 43.1 Å². The van der Waals surface area contributed by atoms with Crippen molar-refractivity contribution in [3.05, 3.63) is 30.1 Å². The van der Waals surface area contributed by atoms with Crippen molar-refractivity contribution in [1.82, 2.24) is 10.3 Å². The number of amides is 1. The van der Waals surface area contributed by atoms with Crippen LogP contribution in [0.2, 0.25) is 0 Å². The lowest BCUT2D eigenvalue weighted by Gasteiger charge is -2.19. The van der Waals surface area contributed by atoms with Crippen LogP contribution in [0.3, 0.4) is 0 Å². The first-order valence-electron chi connectivity index (χ1n) is 6.36. The Morgan fingerprint density at radius 1 is 1.14 bits per heavy atom. The molecule has 0 aliphatic heterocycles. The van der Waals surface area contributed by atoms with Crippen LogP contribution in [0.15, 0.2) is 24.5 Å². The van der Waals surface area contributed by atoms with Gasteiger partial charge in [-0.2, -0.15) is 0 Å². The molecule has 1 aromatic heterocycles. The normalized spacial score (nSPS) is 12.9. The lowest BCUT2D eigenvalue weighted by atomic mass is 10.0. The molecule has 1 heterocycles. The molecule has 0 saturated heterocycles. The molecule has 0 spiro atoms. The number of nitrogens with zero attached hydrogens (tertiary/aromatic N) is 1. The molecule has 0 aliphatic carbocycles. The van der Waals surface area contributed by atoms with Crippen LogP contribution in [0.1, 0.15) is 23.7 Å². The first-order valence-corrected chi connectivity index (χ1v) is 6.36. The molecule has 1 rings (SSSR count). The van der Waals surface area contributed by atoms with E-state index in [2.05, 4.69) is 19.8 Å². The van der Waals surface area contributed by atoms with Gasteiger partial charge in [-0.15, -0.1) is 0 Å². The van der Waals surface area contributed by atoms with E-state index in [0.717, 1.165) is 0 Å². The van der Waals surface area contributed by atoms with Gasteiger partial charge < -0.3 is 14.8 Å². The highest BCUT2D eigenvalue weighted by atomic mass is 16.5. The molecular weight excluding hydrogens is 276 g/mol. The predicted molar refractivity (Wildman–Crippen MR) is 73.3 cm³/mol. The van der Waals surface area contributed by atoms with Gasteiger partial charge in [-0.05, 0) is 18.6 Å². The van der Waals surface area contributed by atoms with Gasteiger partial charge in [-0.25, -0.2) is 4.79 Å². The summed E-state index contributed by atoms with van der Waals surface area (Å²) in [6.45, 7) is 1.61. The lowest BCUT2D eigenvalue weighted by molar-refractivity contribution is -0.147. The summed E-state index contributed by atoms with van der Waals surface area (Å²) in [5.74, 6) is -2.06. The van der Waals surface area contributed by atoms with Gasteiger partial charge in [0.05, 0.1) is 20.1 Å². The van der Waals surface area contributed by atoms with Crippen LogP contribution < -0.4 is 5.32 Å². The zero-order valence-electron chi connectivity index (χ0n) is 12.2. The van der Waals surface area contributed by atoms with E-state index in [9.17, 15) is 14.4 Å². The summed E-state index contributed by atoms with van der Waals surface area (Å²) in [4.78, 5) is 39.0. The Bertz CT molecular complexity index is 503. The Balaban J connectivity index is 2.77. The van der Waals surface area contributed by atoms with E-state index >= 15 is 0 Å². The maximum atomic E-state index is 12.0. The fourth-order valence-corrected chi connectivity index (χ4v) is 1.75. The summed E-state index contributed by atoms with van der Waals surface area (Å²) in [5.41, 5.74) is 0.365. The van der Waals surface area contributed by atoms with E-state index in [1.807, 2.05) is 0 Å². The molecule has 0 fully saturated rings. The molecule has 21 heavy (non-hydrogen) atoms. The zero-order valence-corrected chi connectivity index (χ0v) is 12.2. The van der Waals surface area contributed by atoms with E-state index in [1.165, 1.54) is 38.7 Å². The molecule has 1 N–H and O–H groups in total. The van der Waals surface area contributed by atoms with E-state index in [4.69, 9.17) is 0 Å². The molecule has 0 saturated carbocycles. The first-order chi connectivity index (χ1) is 9.99. The number of aromatic nitrogens is 1. The van der Waals surface area contributed by atoms with Crippen molar-refractivity contribution in [2.75, 3.05) is 14.2 Å². The molecule has 0 aliphatic rings. The van der Waals surface area contributed by atoms with Crippen molar-refractivity contribution in [2.45, 2.75) is 19.4 Å². The number of rotatable bonds is 6. The van der Waals surface area contributed by atoms with E-state index < -0.39 is 29.8 Å². The second-order valence-electron chi connectivity index (χ2n) is 4.45. The van der Waals surface area contributed by atoms with E-state index in [1.54, 1.807) is 6.92 Å². The third-order valence-corrected chi connectivity index (χ3v) is 2.93. The number of carbonyl (C=O) groups is 3. The summed E-state index contributed by atoms with van der Waals surface area (Å²) in [6, 6.07) is 2.12. The average molecular weight is 294 g/mol. The minimum absolute atomic E-state index is 0.0934. The summed E-state index contributed by atoms with van der Waals surface area (Å²) < 4.78 is 9.25. The SMILES string of the molecule is COC(=O)[C@H](C[C@H](C)C(=O)OC)NC(=O)c1ccncc1. The van der Waals surface area contributed by atoms with Crippen LogP contribution >= 0.6 is 0 Å². The van der Waals surface area contributed by atoms with Crippen molar-refractivity contribution in [1.29, 1.82) is 0 Å². The van der Waals surface area contributed by atoms with Gasteiger partial charge in [-0.3, -0.25) is 14.6 Å². The number of hydrogen-bond acceptors (Lipinski definition) is 6. The van der Waals surface area contributed by atoms with Crippen molar-refractivity contribution < 1.29 is 23.9 Å². The predicted octanol–water partition coefficient (Wildman–Crippen LogP) is 0.552. The standard InChI is InChI=1S/C14H18N2O5/c1-9(13(18)20-2)8-11(14(19)21-3)16-12(17)10-4-6-15-7-5-10/h4-7,9,11H,8H2,1-3H3,(H,16,17)/t9-,11-/m0/s1. The number of hydrogen-bond donors (Lipinski definition) is 1. The first kappa shape index (κ1) is 16.6. The van der Waals surface area contributed by atoms with Crippen LogP contribution in [0.25, 0.3) is 0 Å². The third-order valence-electron chi connectivity index (χ3n) is 2.93. The van der Waals surface area contributed by atoms with Crippen LogP contribution in [0, 0.1) is 5.92 Å². The summed E-state index contributed by atoms with van der Waals surface area (Å²) in [6.07, 6.45) is 3.04. The molecule has 0 radical (unpaired) electrons. The van der Waals surface area contributed by atoms with Crippen molar-refractivity contribution >= 4 is 17.8 Å². The van der Waals surface area contributed by atoms with Crippen LogP contribution in [-0.2, 0) is 19.1 Å². The smallest absolute Gasteiger partial charge is 0.328 e. The Hall–Kier alpha value is -2.44. The average Bonchev–Trinajstić information content (AvgIpc) is 2.53. The third kappa shape index (κ3) is 4.87. The highest BCUT2D eigenvalue weighted by molar-refractivity contribution is 5.96. The summed E-state index contributed by atoms with van der Waals surface area (Å²) in [5, 5.41) is 2.54. The second-order valence-corrected chi connectivity index (χ2v) is 4.45. The largest absolute Gasteiger partial charge is 0.469 e. The lowest BCUT2D eigenvalue weighted by Crippen LogP contribution is -2.43. The fraction of sp³-hybridized carbons (Fsp3) is 0.429. The minimum atomic E-state index is -0.926. The maximum absolute atomic E-state index is 12.0. The summed E-state index contributed by atoms with van der Waals surface area (Å²) in [7, 11) is 2.48. The zero-order chi connectivity index (χ0) is 15.8. The number of methoxy groups -OCH3 is 2. The Labute approximate surface area is 122 Å². The van der Waals surface area contributed by atoms with Crippen molar-refractivity contribution in [3.8, 4) is 0 Å². The maximum Gasteiger partial charge on any atom is 0.328 e. The number of pyridine rings is 1. The van der Waals surface area contributed by atoms with Crippen LogP contribution in [0.4, 0.5) is 0 Å². The molecule has 0 aromatic carbocycles. The van der Waals surface area contributed by atoms with Crippen molar-refractivity contribution in [3.63, 3.8) is 0 Å². The molecule has 0 unspecified atom stereocenters. The van der Waals surface area contributed by atoms with E-state index in [0.29, 0.717) is 5.56 Å². The Kier molecular flexibility index (Phi) is 6.32. The minimum Gasteiger partial charge on any atom is -0.469 e. The number of carbonyl (C=O) groups excluding carboxylic acids is 3. The number of nitrogens with one attached hydrogen (secondary N) is 1. The molecule has 2 atom stereocenters. The number of ether oxygens (including phenoxy) is 2. The Morgan fingerprint density at radius 2 is 1.71 bits per heavy atom. The van der Waals surface area contributed by atoms with Gasteiger partial charge in [0, 0.05) is 18.0 Å². The highest BCUT2D eigenvalue weighted by Crippen LogP contribution is 2.10. The highest BCUT2D eigenvalue weighted by Gasteiger charge is 2.27. The van der Waals surface area contributed by atoms with Gasteiger partial charge in [-0.1, -0.05) is 6.92 Å². The van der Waals surface area contributed by atoms with Gasteiger partial charge in [0.1, 0.15) is 6.04 Å². The van der Waals surface area contributed by atoms with Gasteiger partial charge >= 0.3 is 11.9 Å². The molecule has 1 amide bonds. The van der Waals surface area contributed by atoms with E-state index in [-0.39, 0.29) is 6.42 Å². The van der Waals surface area contributed by atoms with Gasteiger partial charge in [0.15, 0.2) is 0 Å². The Morgan fingerprint density at radius 3 is 2.24 bits per heavy atom. The monoisotopic (exact) mass is 294 g/mol. The number of esters is 2. The van der Waals surface area contributed by atoms with Gasteiger partial charge in [0.2, 0.25) is 0 Å². The topological polar surface area (TPSA) is 94.6 Å². The molecular formula is C14H18N2O5. The fourth-order valence-electron chi connectivity index (χ4n) is 1.75. The van der Waals surface area contributed by atoms with Crippen molar-refractivity contribution in [2.24, 2.45) is 5.92 Å². The quantitative estimate of drug-likeness (QED) is 0.770. The molecule has 114 valence electrons. The molecule has 1 aromatic rings.